The Bertz CT molecular complexity index is 972. The Hall–Kier alpha value is -4.34. The highest BCUT2D eigenvalue weighted by molar-refractivity contribution is 5.76. The zero-order valence-electron chi connectivity index (χ0n) is 14.3. The van der Waals surface area contributed by atoms with E-state index in [0.29, 0.717) is 0 Å². The highest BCUT2D eigenvalue weighted by atomic mass is 16.6. The van der Waals surface area contributed by atoms with Crippen LogP contribution in [-0.2, 0) is 9.53 Å². The fraction of sp³-hybridized carbons (Fsp3) is 0.200. The van der Waals surface area contributed by atoms with E-state index < -0.39 is 33.1 Å². The van der Waals surface area contributed by atoms with Gasteiger partial charge in [0.2, 0.25) is 5.82 Å². The number of nitrogens with one attached hydrogen (secondary N) is 1. The second kappa shape index (κ2) is 8.85. The van der Waals surface area contributed by atoms with Crippen LogP contribution in [0.2, 0.25) is 0 Å². The fourth-order valence-corrected chi connectivity index (χ4v) is 2.03. The summed E-state index contributed by atoms with van der Waals surface area (Å²) < 4.78 is 10.0. The molecule has 0 radical (unpaired) electrons. The van der Waals surface area contributed by atoms with E-state index in [1.54, 1.807) is 13.0 Å². The average molecular weight is 388 g/mol. The molecule has 0 saturated carbocycles. The molecule has 13 nitrogen and oxygen atoms in total. The van der Waals surface area contributed by atoms with Crippen molar-refractivity contribution in [1.29, 1.82) is 5.26 Å². The number of carbonyl (C=O) groups is 1. The molecule has 0 spiro atoms. The first-order valence-corrected chi connectivity index (χ1v) is 7.62. The van der Waals surface area contributed by atoms with E-state index in [1.807, 2.05) is 0 Å². The molecular weight excluding hydrogens is 376 g/mol. The number of esters is 1. The largest absolute Gasteiger partial charge is 0.465 e. The molecule has 0 aliphatic carbocycles. The number of nitro benzene ring substituents is 1. The number of nitro groups is 2. The monoisotopic (exact) mass is 388 g/mol. The Morgan fingerprint density at radius 1 is 1.29 bits per heavy atom. The lowest BCUT2D eigenvalue weighted by Gasteiger charge is -2.09. The van der Waals surface area contributed by atoms with Gasteiger partial charge in [-0.05, 0) is 19.1 Å². The van der Waals surface area contributed by atoms with Crippen molar-refractivity contribution in [2.24, 2.45) is 0 Å². The van der Waals surface area contributed by atoms with Gasteiger partial charge in [0.1, 0.15) is 30.3 Å². The van der Waals surface area contributed by atoms with Crippen molar-refractivity contribution in [2.45, 2.75) is 6.92 Å². The van der Waals surface area contributed by atoms with Gasteiger partial charge in [0.05, 0.1) is 22.5 Å². The molecule has 144 valence electrons. The summed E-state index contributed by atoms with van der Waals surface area (Å²) in [5, 5.41) is 33.8. The predicted octanol–water partition coefficient (Wildman–Crippen LogP) is 1.93. The summed E-state index contributed by atoms with van der Waals surface area (Å²) in [5.41, 5.74) is -1.41. The number of ether oxygens (including phenoxy) is 2. The number of aromatic nitrogens is 2. The number of hydrogen-bond donors (Lipinski definition) is 1. The van der Waals surface area contributed by atoms with Crippen LogP contribution in [0.5, 0.6) is 11.6 Å². The summed E-state index contributed by atoms with van der Waals surface area (Å²) in [4.78, 5) is 39.6. The summed E-state index contributed by atoms with van der Waals surface area (Å²) >= 11 is 0. The van der Waals surface area contributed by atoms with E-state index in [-0.39, 0.29) is 30.3 Å². The van der Waals surface area contributed by atoms with Gasteiger partial charge < -0.3 is 14.8 Å². The maximum Gasteiger partial charge on any atom is 0.373 e. The molecule has 0 bridgehead atoms. The molecule has 1 heterocycles. The first-order valence-electron chi connectivity index (χ1n) is 7.62. The van der Waals surface area contributed by atoms with Gasteiger partial charge in [-0.15, -0.1) is 0 Å². The molecule has 0 saturated heterocycles. The van der Waals surface area contributed by atoms with E-state index in [9.17, 15) is 25.0 Å². The molecule has 1 aromatic carbocycles. The second-order valence-electron chi connectivity index (χ2n) is 4.94. The molecule has 0 aliphatic rings. The predicted molar refractivity (Wildman–Crippen MR) is 91.7 cm³/mol. The number of nitriles is 1. The summed E-state index contributed by atoms with van der Waals surface area (Å²) in [6.45, 7) is 1.36. The quantitative estimate of drug-likeness (QED) is 0.396. The second-order valence-corrected chi connectivity index (χ2v) is 4.94. The van der Waals surface area contributed by atoms with Crippen molar-refractivity contribution < 1.29 is 24.1 Å². The van der Waals surface area contributed by atoms with Crippen molar-refractivity contribution in [3.05, 3.63) is 50.3 Å². The standard InChI is InChI=1S/C15H12N6O7/c1-2-27-12(22)7-17-14-13(21(25)26)15(19-8-18-14)28-10-4-3-9(6-16)11(5-10)20(23)24/h3-5,8H,2,7H2,1H3,(H,17,18,19). The summed E-state index contributed by atoms with van der Waals surface area (Å²) in [5.74, 6) is -1.61. The van der Waals surface area contributed by atoms with E-state index in [4.69, 9.17) is 14.7 Å². The molecule has 0 unspecified atom stereocenters. The Balaban J connectivity index is 2.36. The van der Waals surface area contributed by atoms with Gasteiger partial charge in [0.15, 0.2) is 0 Å². The van der Waals surface area contributed by atoms with Gasteiger partial charge in [-0.1, -0.05) is 0 Å². The highest BCUT2D eigenvalue weighted by Crippen LogP contribution is 2.35. The number of rotatable bonds is 8. The minimum Gasteiger partial charge on any atom is -0.465 e. The minimum absolute atomic E-state index is 0.137. The van der Waals surface area contributed by atoms with Gasteiger partial charge in [-0.25, -0.2) is 4.98 Å². The lowest BCUT2D eigenvalue weighted by atomic mass is 10.2. The molecule has 2 aromatic rings. The highest BCUT2D eigenvalue weighted by Gasteiger charge is 2.26. The van der Waals surface area contributed by atoms with Crippen LogP contribution >= 0.6 is 0 Å². The Labute approximate surface area is 156 Å². The minimum atomic E-state index is -0.832. The number of nitrogens with zero attached hydrogens (tertiary/aromatic N) is 5. The third-order valence-corrected chi connectivity index (χ3v) is 3.18. The van der Waals surface area contributed by atoms with Crippen LogP contribution in [0, 0.1) is 31.6 Å². The number of benzene rings is 1. The molecule has 28 heavy (non-hydrogen) atoms. The zero-order valence-corrected chi connectivity index (χ0v) is 14.3. The van der Waals surface area contributed by atoms with E-state index in [0.717, 1.165) is 18.5 Å². The van der Waals surface area contributed by atoms with Crippen LogP contribution in [0.25, 0.3) is 0 Å². The maximum absolute atomic E-state index is 11.4. The Kier molecular flexibility index (Phi) is 6.31. The third kappa shape index (κ3) is 4.64. The van der Waals surface area contributed by atoms with Crippen LogP contribution in [0.15, 0.2) is 24.5 Å². The van der Waals surface area contributed by atoms with Crippen molar-refractivity contribution in [3.63, 3.8) is 0 Å². The summed E-state index contributed by atoms with van der Waals surface area (Å²) in [7, 11) is 0. The maximum atomic E-state index is 11.4. The van der Waals surface area contributed by atoms with E-state index in [2.05, 4.69) is 15.3 Å². The summed E-state index contributed by atoms with van der Waals surface area (Å²) in [6.07, 6.45) is 0.952. The van der Waals surface area contributed by atoms with Gasteiger partial charge in [0.25, 0.3) is 5.69 Å². The molecule has 0 amide bonds. The smallest absolute Gasteiger partial charge is 0.373 e. The van der Waals surface area contributed by atoms with Crippen LogP contribution in [0.1, 0.15) is 12.5 Å². The average Bonchev–Trinajstić information content (AvgIpc) is 2.66. The molecule has 13 heteroatoms. The SMILES string of the molecule is CCOC(=O)CNc1ncnc(Oc2ccc(C#N)c([N+](=O)[O-])c2)c1[N+](=O)[O-]. The van der Waals surface area contributed by atoms with Gasteiger partial charge >= 0.3 is 17.5 Å². The Morgan fingerprint density at radius 3 is 2.64 bits per heavy atom. The Morgan fingerprint density at radius 2 is 2.04 bits per heavy atom. The van der Waals surface area contributed by atoms with Crippen LogP contribution in [0.3, 0.4) is 0 Å². The van der Waals surface area contributed by atoms with Crippen LogP contribution in [0.4, 0.5) is 17.2 Å². The molecule has 0 aliphatic heterocycles. The van der Waals surface area contributed by atoms with Crippen molar-refractivity contribution in [2.75, 3.05) is 18.5 Å². The normalized spacial score (nSPS) is 9.86. The van der Waals surface area contributed by atoms with E-state index in [1.165, 1.54) is 6.07 Å². The third-order valence-electron chi connectivity index (χ3n) is 3.18. The van der Waals surface area contributed by atoms with Gasteiger partial charge in [-0.3, -0.25) is 25.0 Å². The topological polar surface area (TPSA) is 183 Å². The fourth-order valence-electron chi connectivity index (χ4n) is 2.03. The van der Waals surface area contributed by atoms with E-state index >= 15 is 0 Å². The molecular formula is C15H12N6O7. The molecule has 0 atom stereocenters. The van der Waals surface area contributed by atoms with Crippen molar-refractivity contribution >= 4 is 23.2 Å². The lowest BCUT2D eigenvalue weighted by molar-refractivity contribution is -0.385. The number of anilines is 1. The first kappa shape index (κ1) is 20.0. The first-order chi connectivity index (χ1) is 13.4. The van der Waals surface area contributed by atoms with Crippen molar-refractivity contribution in [1.82, 2.24) is 9.97 Å². The zero-order chi connectivity index (χ0) is 20.7. The lowest BCUT2D eigenvalue weighted by Crippen LogP contribution is -2.18. The van der Waals surface area contributed by atoms with Gasteiger partial charge in [0, 0.05) is 0 Å². The van der Waals surface area contributed by atoms with Gasteiger partial charge in [-0.2, -0.15) is 10.2 Å². The molecule has 1 N–H and O–H groups in total. The van der Waals surface area contributed by atoms with Crippen LogP contribution < -0.4 is 10.1 Å². The summed E-state index contributed by atoms with van der Waals surface area (Å²) in [6, 6.07) is 4.96. The van der Waals surface area contributed by atoms with Crippen LogP contribution in [-0.4, -0.2) is 38.9 Å². The van der Waals surface area contributed by atoms with Crippen molar-refractivity contribution in [3.8, 4) is 17.7 Å². The molecule has 2 rings (SSSR count). The number of carbonyl (C=O) groups excluding carboxylic acids is 1. The molecule has 0 fully saturated rings. The number of hydrogen-bond acceptors (Lipinski definition) is 11. The molecule has 1 aromatic heterocycles.